The van der Waals surface area contributed by atoms with E-state index >= 15 is 0 Å². The molecule has 8 heteroatoms. The molecule has 0 saturated heterocycles. The summed E-state index contributed by atoms with van der Waals surface area (Å²) in [4.78, 5) is 21.6. The first-order chi connectivity index (χ1) is 42.8. The number of rotatable bonds is 9. The van der Waals surface area contributed by atoms with Crippen molar-refractivity contribution in [3.05, 3.63) is 279 Å². The van der Waals surface area contributed by atoms with Crippen LogP contribution in [-0.2, 0) is 13.0 Å². The minimum atomic E-state index is 0.240. The van der Waals surface area contributed by atoms with E-state index in [2.05, 4.69) is 244 Å². The standard InChI is InChI=1S/C80H62N8/c1-46-20-28-66-56(36-46)57-37-47(2)21-29-67(57)85(66)45-65-75(81-9)78(88-72-34-26-52(7)42-62(72)63-43-53(8)27-35-73(63)88)77(87-70-32-24-50(5)40-60(70)61-41-51(6)25-33-71(61)87)64(76(65)86-68-30-22-48(3)38-58(68)59-39-49(4)23-31-69(59)86)44-74-82-79(54-16-12-10-13-17-54)84-80(83-74)55-18-14-11-15-19-55/h10-43H,44-45H2,1-8H3. The van der Waals surface area contributed by atoms with E-state index in [4.69, 9.17) is 19.8 Å². The Balaban J connectivity index is 1.19. The zero-order valence-electron chi connectivity index (χ0n) is 50.6. The molecule has 0 aliphatic carbocycles. The molecule has 16 aromatic rings. The molecular weight excluding hydrogens is 1070 g/mol. The van der Waals surface area contributed by atoms with Crippen LogP contribution < -0.4 is 0 Å². The smallest absolute Gasteiger partial charge is 0.219 e. The van der Waals surface area contributed by atoms with Crippen molar-refractivity contribution in [1.82, 2.24) is 33.2 Å². The van der Waals surface area contributed by atoms with Gasteiger partial charge in [-0.05, 0) is 152 Å². The zero-order valence-corrected chi connectivity index (χ0v) is 50.6. The summed E-state index contributed by atoms with van der Waals surface area (Å²) in [6, 6.07) is 75.2. The first-order valence-corrected chi connectivity index (χ1v) is 30.4. The molecule has 0 unspecified atom stereocenters. The van der Waals surface area contributed by atoms with Crippen molar-refractivity contribution in [1.29, 1.82) is 0 Å². The highest BCUT2D eigenvalue weighted by Crippen LogP contribution is 2.51. The molecule has 0 bridgehead atoms. The summed E-state index contributed by atoms with van der Waals surface area (Å²) in [5.41, 5.74) is 24.5. The molecular formula is C80H62N8. The van der Waals surface area contributed by atoms with Gasteiger partial charge in [0, 0.05) is 95.0 Å². The van der Waals surface area contributed by atoms with Crippen molar-refractivity contribution in [2.45, 2.75) is 68.4 Å². The minimum absolute atomic E-state index is 0.240. The van der Waals surface area contributed by atoms with Crippen LogP contribution in [0.25, 0.3) is 132 Å². The van der Waals surface area contributed by atoms with Gasteiger partial charge in [-0.25, -0.2) is 19.8 Å². The van der Waals surface area contributed by atoms with Crippen LogP contribution in [-0.4, -0.2) is 33.2 Å². The maximum atomic E-state index is 10.2. The highest BCUT2D eigenvalue weighted by molar-refractivity contribution is 6.15. The van der Waals surface area contributed by atoms with Crippen molar-refractivity contribution < 1.29 is 0 Å². The molecule has 0 aliphatic heterocycles. The molecule has 5 aromatic heterocycles. The van der Waals surface area contributed by atoms with Gasteiger partial charge < -0.3 is 18.3 Å². The van der Waals surface area contributed by atoms with E-state index in [0.717, 1.165) is 127 Å². The van der Waals surface area contributed by atoms with E-state index in [1.165, 1.54) is 44.2 Å². The predicted molar refractivity (Wildman–Crippen MR) is 366 cm³/mol. The Labute approximate surface area is 510 Å². The molecule has 11 aromatic carbocycles. The number of nitrogens with zero attached hydrogens (tertiary/aromatic N) is 8. The lowest BCUT2D eigenvalue weighted by Crippen LogP contribution is -2.17. The van der Waals surface area contributed by atoms with Crippen LogP contribution in [0.15, 0.2) is 206 Å². The fourth-order valence-electron chi connectivity index (χ4n) is 14.2. The molecule has 0 fully saturated rings. The Morgan fingerprint density at radius 1 is 0.318 bits per heavy atom. The average Bonchev–Trinajstić information content (AvgIpc) is 1.60. The molecule has 0 amide bonds. The second kappa shape index (κ2) is 20.1. The van der Waals surface area contributed by atoms with E-state index in [-0.39, 0.29) is 6.42 Å². The van der Waals surface area contributed by atoms with Crippen molar-refractivity contribution in [2.24, 2.45) is 0 Å². The Morgan fingerprint density at radius 2 is 0.614 bits per heavy atom. The lowest BCUT2D eigenvalue weighted by atomic mass is 9.95. The molecule has 5 heterocycles. The van der Waals surface area contributed by atoms with Crippen LogP contribution in [0.2, 0.25) is 0 Å². The highest BCUT2D eigenvalue weighted by atomic mass is 15.1. The minimum Gasteiger partial charge on any atom is -0.337 e. The monoisotopic (exact) mass is 1130 g/mol. The second-order valence-corrected chi connectivity index (χ2v) is 24.5. The lowest BCUT2D eigenvalue weighted by Gasteiger charge is -2.29. The van der Waals surface area contributed by atoms with E-state index in [1.807, 2.05) is 36.4 Å². The Morgan fingerprint density at radius 3 is 0.943 bits per heavy atom. The zero-order chi connectivity index (χ0) is 59.8. The maximum absolute atomic E-state index is 10.2. The topological polar surface area (TPSA) is 62.8 Å². The van der Waals surface area contributed by atoms with Gasteiger partial charge in [0.2, 0.25) is 5.69 Å². The van der Waals surface area contributed by atoms with Gasteiger partial charge in [0.05, 0.1) is 51.0 Å². The fourth-order valence-corrected chi connectivity index (χ4v) is 14.2. The number of hydrogen-bond donors (Lipinski definition) is 0. The third-order valence-electron chi connectivity index (χ3n) is 18.2. The molecule has 8 nitrogen and oxygen atoms in total. The van der Waals surface area contributed by atoms with Crippen molar-refractivity contribution in [2.75, 3.05) is 0 Å². The van der Waals surface area contributed by atoms with Crippen LogP contribution in [0, 0.1) is 62.0 Å². The van der Waals surface area contributed by atoms with Gasteiger partial charge in [-0.15, -0.1) is 0 Å². The van der Waals surface area contributed by atoms with Crippen molar-refractivity contribution in [3.8, 4) is 39.8 Å². The van der Waals surface area contributed by atoms with E-state index < -0.39 is 0 Å². The van der Waals surface area contributed by atoms with Crippen LogP contribution in [0.4, 0.5) is 5.69 Å². The SMILES string of the molecule is [C-]#[N+]c1c(Cn2c3ccc(C)cc3c3cc(C)ccc32)c(-n2c3ccc(C)cc3c3cc(C)ccc32)c(Cc2nc(-c3ccccc3)nc(-c3ccccc3)n2)c(-n2c3ccc(C)cc3c3cc(C)ccc32)c1-n1c2ccc(C)cc2c2cc(C)ccc21. The number of hydrogen-bond acceptors (Lipinski definition) is 3. The van der Waals surface area contributed by atoms with Crippen molar-refractivity contribution in [3.63, 3.8) is 0 Å². The summed E-state index contributed by atoms with van der Waals surface area (Å²) >= 11 is 0. The van der Waals surface area contributed by atoms with Crippen LogP contribution in [0.1, 0.15) is 61.5 Å². The third kappa shape index (κ3) is 8.29. The molecule has 88 heavy (non-hydrogen) atoms. The summed E-state index contributed by atoms with van der Waals surface area (Å²) in [6.45, 7) is 28.0. The quantitative estimate of drug-likeness (QED) is 0.135. The van der Waals surface area contributed by atoms with Crippen LogP contribution in [0.3, 0.4) is 0 Å². The molecule has 16 rings (SSSR count). The molecule has 0 atom stereocenters. The Bertz CT molecular complexity index is 5370. The van der Waals surface area contributed by atoms with Gasteiger partial charge in [-0.3, -0.25) is 0 Å². The summed E-state index contributed by atoms with van der Waals surface area (Å²) in [5, 5.41) is 9.16. The van der Waals surface area contributed by atoms with Crippen LogP contribution >= 0.6 is 0 Å². The molecule has 0 saturated carbocycles. The molecule has 0 radical (unpaired) electrons. The summed E-state index contributed by atoms with van der Waals surface area (Å²) in [5.74, 6) is 1.76. The van der Waals surface area contributed by atoms with Gasteiger partial charge in [0.25, 0.3) is 0 Å². The maximum Gasteiger partial charge on any atom is 0.219 e. The summed E-state index contributed by atoms with van der Waals surface area (Å²) in [7, 11) is 0. The van der Waals surface area contributed by atoms with E-state index in [1.54, 1.807) is 0 Å². The first kappa shape index (κ1) is 52.7. The summed E-state index contributed by atoms with van der Waals surface area (Å²) in [6.07, 6.45) is 0.240. The van der Waals surface area contributed by atoms with Gasteiger partial charge in [-0.2, -0.15) is 0 Å². The third-order valence-corrected chi connectivity index (χ3v) is 18.2. The second-order valence-electron chi connectivity index (χ2n) is 24.5. The largest absolute Gasteiger partial charge is 0.337 e. The number of aryl methyl sites for hydroxylation is 8. The first-order valence-electron chi connectivity index (χ1n) is 30.4. The lowest BCUT2D eigenvalue weighted by molar-refractivity contribution is 0.848. The predicted octanol–water partition coefficient (Wildman–Crippen LogP) is 20.3. The summed E-state index contributed by atoms with van der Waals surface area (Å²) < 4.78 is 9.89. The fraction of sp³-hybridized carbons (Fsp3) is 0.125. The number of fused-ring (bicyclic) bond motifs is 12. The van der Waals surface area contributed by atoms with Crippen LogP contribution in [0.5, 0.6) is 0 Å². The van der Waals surface area contributed by atoms with Gasteiger partial charge in [0.1, 0.15) is 5.82 Å². The average molecular weight is 1140 g/mol. The Kier molecular flexibility index (Phi) is 12.0. The Hall–Kier alpha value is -10.9. The number of aromatic nitrogens is 7. The molecule has 0 aliphatic rings. The van der Waals surface area contributed by atoms with Gasteiger partial charge in [-0.1, -0.05) is 154 Å². The molecule has 422 valence electrons. The van der Waals surface area contributed by atoms with E-state index in [0.29, 0.717) is 29.7 Å². The van der Waals surface area contributed by atoms with Crippen molar-refractivity contribution >= 4 is 92.9 Å². The highest BCUT2D eigenvalue weighted by Gasteiger charge is 2.34. The van der Waals surface area contributed by atoms with Gasteiger partial charge in [0.15, 0.2) is 11.6 Å². The normalized spacial score (nSPS) is 11.9. The van der Waals surface area contributed by atoms with Gasteiger partial charge >= 0.3 is 0 Å². The number of benzene rings is 11. The molecule has 0 spiro atoms. The molecule has 0 N–H and O–H groups in total. The van der Waals surface area contributed by atoms with E-state index in [9.17, 15) is 6.57 Å².